The van der Waals surface area contributed by atoms with Crippen LogP contribution in [-0.2, 0) is 12.8 Å². The van der Waals surface area contributed by atoms with Gasteiger partial charge in [-0.2, -0.15) is 0 Å². The first-order chi connectivity index (χ1) is 9.63. The smallest absolute Gasteiger partial charge is 0.255 e. The van der Waals surface area contributed by atoms with Crippen LogP contribution < -0.4 is 5.32 Å². The molecule has 1 aliphatic carbocycles. The third kappa shape index (κ3) is 2.54. The number of fused-ring (bicyclic) bond motifs is 1. The summed E-state index contributed by atoms with van der Waals surface area (Å²) in [5.41, 5.74) is 3.68. The first kappa shape index (κ1) is 13.1. The monoisotopic (exact) mass is 289 g/mol. The molecule has 0 aliphatic heterocycles. The van der Waals surface area contributed by atoms with Crippen molar-refractivity contribution in [3.8, 4) is 0 Å². The number of hydrogen-bond acceptors (Lipinski definition) is 1. The Balaban J connectivity index is 1.80. The molecule has 0 saturated heterocycles. The van der Waals surface area contributed by atoms with Crippen LogP contribution in [0.25, 0.3) is 0 Å². The molecular weight excluding hydrogens is 277 g/mol. The Kier molecular flexibility index (Phi) is 3.45. The Morgan fingerprint density at radius 1 is 1.10 bits per heavy atom. The zero-order chi connectivity index (χ0) is 14.1. The molecule has 102 valence electrons. The molecule has 2 aromatic carbocycles. The fraction of sp³-hybridized carbons (Fsp3) is 0.188. The molecule has 0 radical (unpaired) electrons. The van der Waals surface area contributed by atoms with Gasteiger partial charge in [0.15, 0.2) is 0 Å². The number of aryl methyl sites for hydroxylation is 2. The quantitative estimate of drug-likeness (QED) is 0.881. The van der Waals surface area contributed by atoms with Gasteiger partial charge in [-0.25, -0.2) is 4.39 Å². The second-order valence-electron chi connectivity index (χ2n) is 4.92. The SMILES string of the molecule is O=C(Nc1ccc(F)c(Cl)c1)c1ccc2c(c1)CCC2. The maximum Gasteiger partial charge on any atom is 0.255 e. The van der Waals surface area contributed by atoms with E-state index in [0.717, 1.165) is 19.3 Å². The van der Waals surface area contributed by atoms with Crippen LogP contribution in [0.5, 0.6) is 0 Å². The Morgan fingerprint density at radius 2 is 1.90 bits per heavy atom. The lowest BCUT2D eigenvalue weighted by molar-refractivity contribution is 0.102. The maximum atomic E-state index is 13.1. The summed E-state index contributed by atoms with van der Waals surface area (Å²) in [7, 11) is 0. The number of carbonyl (C=O) groups is 1. The van der Waals surface area contributed by atoms with Crippen molar-refractivity contribution in [2.75, 3.05) is 5.32 Å². The molecule has 0 spiro atoms. The molecule has 0 saturated carbocycles. The Bertz CT molecular complexity index is 684. The zero-order valence-corrected chi connectivity index (χ0v) is 11.5. The highest BCUT2D eigenvalue weighted by Crippen LogP contribution is 2.24. The highest BCUT2D eigenvalue weighted by atomic mass is 35.5. The van der Waals surface area contributed by atoms with Crippen LogP contribution in [0, 0.1) is 5.82 Å². The van der Waals surface area contributed by atoms with Crippen molar-refractivity contribution in [1.29, 1.82) is 0 Å². The lowest BCUT2D eigenvalue weighted by Gasteiger charge is -2.07. The van der Waals surface area contributed by atoms with Crippen LogP contribution in [0.1, 0.15) is 27.9 Å². The highest BCUT2D eigenvalue weighted by Gasteiger charge is 2.14. The third-order valence-electron chi connectivity index (χ3n) is 3.54. The minimum Gasteiger partial charge on any atom is -0.322 e. The Morgan fingerprint density at radius 3 is 2.70 bits per heavy atom. The van der Waals surface area contributed by atoms with Gasteiger partial charge in [0.05, 0.1) is 5.02 Å². The van der Waals surface area contributed by atoms with Crippen LogP contribution in [0.15, 0.2) is 36.4 Å². The fourth-order valence-corrected chi connectivity index (χ4v) is 2.67. The van der Waals surface area contributed by atoms with Gasteiger partial charge in [0.25, 0.3) is 5.91 Å². The lowest BCUT2D eigenvalue weighted by atomic mass is 10.1. The molecule has 20 heavy (non-hydrogen) atoms. The van der Waals surface area contributed by atoms with Crippen LogP contribution >= 0.6 is 11.6 Å². The van der Waals surface area contributed by atoms with Crippen molar-refractivity contribution in [2.24, 2.45) is 0 Å². The van der Waals surface area contributed by atoms with Gasteiger partial charge in [0, 0.05) is 11.3 Å². The van der Waals surface area contributed by atoms with E-state index in [1.807, 2.05) is 18.2 Å². The van der Waals surface area contributed by atoms with E-state index < -0.39 is 5.82 Å². The van der Waals surface area contributed by atoms with E-state index in [9.17, 15) is 9.18 Å². The number of rotatable bonds is 2. The first-order valence-electron chi connectivity index (χ1n) is 6.52. The van der Waals surface area contributed by atoms with Gasteiger partial charge in [-0.15, -0.1) is 0 Å². The maximum absolute atomic E-state index is 13.1. The highest BCUT2D eigenvalue weighted by molar-refractivity contribution is 6.31. The second-order valence-corrected chi connectivity index (χ2v) is 5.33. The zero-order valence-electron chi connectivity index (χ0n) is 10.7. The Hall–Kier alpha value is -1.87. The number of nitrogens with one attached hydrogen (secondary N) is 1. The standard InChI is InChI=1S/C16H13ClFNO/c17-14-9-13(6-7-15(14)18)19-16(20)12-5-4-10-2-1-3-11(10)8-12/h4-9H,1-3H2,(H,19,20). The average molecular weight is 290 g/mol. The summed E-state index contributed by atoms with van der Waals surface area (Å²) in [6.45, 7) is 0. The molecule has 1 aliphatic rings. The largest absolute Gasteiger partial charge is 0.322 e. The van der Waals surface area contributed by atoms with Crippen molar-refractivity contribution in [2.45, 2.75) is 19.3 Å². The molecule has 1 N–H and O–H groups in total. The van der Waals surface area contributed by atoms with Crippen molar-refractivity contribution in [3.63, 3.8) is 0 Å². The molecular formula is C16H13ClFNO. The predicted molar refractivity (Wildman–Crippen MR) is 77.8 cm³/mol. The number of anilines is 1. The minimum atomic E-state index is -0.498. The summed E-state index contributed by atoms with van der Waals surface area (Å²) < 4.78 is 13.1. The lowest BCUT2D eigenvalue weighted by Crippen LogP contribution is -2.12. The number of halogens is 2. The topological polar surface area (TPSA) is 29.1 Å². The summed E-state index contributed by atoms with van der Waals surface area (Å²) in [5, 5.41) is 2.72. The summed E-state index contributed by atoms with van der Waals surface area (Å²) in [5.74, 6) is -0.704. The third-order valence-corrected chi connectivity index (χ3v) is 3.83. The number of carbonyl (C=O) groups excluding carboxylic acids is 1. The van der Waals surface area contributed by atoms with Gasteiger partial charge < -0.3 is 5.32 Å². The van der Waals surface area contributed by atoms with Gasteiger partial charge in [-0.1, -0.05) is 17.7 Å². The van der Waals surface area contributed by atoms with Crippen LogP contribution in [-0.4, -0.2) is 5.91 Å². The first-order valence-corrected chi connectivity index (χ1v) is 6.89. The molecule has 0 atom stereocenters. The molecule has 1 amide bonds. The molecule has 2 aromatic rings. The van der Waals surface area contributed by atoms with Gasteiger partial charge in [0.1, 0.15) is 5.82 Å². The molecule has 0 heterocycles. The fourth-order valence-electron chi connectivity index (χ4n) is 2.49. The van der Waals surface area contributed by atoms with Crippen molar-refractivity contribution >= 4 is 23.2 Å². The van der Waals surface area contributed by atoms with Gasteiger partial charge in [0.2, 0.25) is 0 Å². The van der Waals surface area contributed by atoms with E-state index in [1.54, 1.807) is 0 Å². The van der Waals surface area contributed by atoms with Gasteiger partial charge >= 0.3 is 0 Å². The molecule has 0 aromatic heterocycles. The van der Waals surface area contributed by atoms with Gasteiger partial charge in [-0.05, 0) is 60.7 Å². The molecule has 4 heteroatoms. The summed E-state index contributed by atoms with van der Waals surface area (Å²) in [6, 6.07) is 9.90. The minimum absolute atomic E-state index is 0.00301. The van der Waals surface area contributed by atoms with E-state index >= 15 is 0 Å². The molecule has 3 rings (SSSR count). The van der Waals surface area contributed by atoms with Crippen molar-refractivity contribution in [1.82, 2.24) is 0 Å². The summed E-state index contributed by atoms with van der Waals surface area (Å²) in [6.07, 6.45) is 3.26. The molecule has 2 nitrogen and oxygen atoms in total. The van der Waals surface area contributed by atoms with Crippen LogP contribution in [0.2, 0.25) is 5.02 Å². The summed E-state index contributed by atoms with van der Waals surface area (Å²) in [4.78, 5) is 12.2. The van der Waals surface area contributed by atoms with Crippen LogP contribution in [0.4, 0.5) is 10.1 Å². The van der Waals surface area contributed by atoms with E-state index in [4.69, 9.17) is 11.6 Å². The van der Waals surface area contributed by atoms with E-state index in [0.29, 0.717) is 11.3 Å². The molecule has 0 unspecified atom stereocenters. The number of amides is 1. The Labute approximate surface area is 121 Å². The predicted octanol–water partition coefficient (Wildman–Crippen LogP) is 4.22. The van der Waals surface area contributed by atoms with E-state index in [2.05, 4.69) is 5.32 Å². The number of benzene rings is 2. The normalized spacial score (nSPS) is 13.1. The summed E-state index contributed by atoms with van der Waals surface area (Å²) >= 11 is 5.69. The average Bonchev–Trinajstić information content (AvgIpc) is 2.90. The van der Waals surface area contributed by atoms with Crippen molar-refractivity contribution < 1.29 is 9.18 Å². The van der Waals surface area contributed by atoms with E-state index in [-0.39, 0.29) is 10.9 Å². The van der Waals surface area contributed by atoms with Crippen LogP contribution in [0.3, 0.4) is 0 Å². The van der Waals surface area contributed by atoms with Crippen molar-refractivity contribution in [3.05, 3.63) is 63.9 Å². The number of hydrogen-bond donors (Lipinski definition) is 1. The van der Waals surface area contributed by atoms with Gasteiger partial charge in [-0.3, -0.25) is 4.79 Å². The second kappa shape index (κ2) is 5.25. The molecule has 0 fully saturated rings. The van der Waals surface area contributed by atoms with E-state index in [1.165, 1.54) is 29.3 Å². The molecule has 0 bridgehead atoms.